The summed E-state index contributed by atoms with van der Waals surface area (Å²) < 4.78 is 0. The van der Waals surface area contributed by atoms with Gasteiger partial charge in [0, 0.05) is 0 Å². The second-order valence-electron chi connectivity index (χ2n) is 7.34. The minimum absolute atomic E-state index is 0.310. The second-order valence-corrected chi connectivity index (χ2v) is 7.72. The lowest BCUT2D eigenvalue weighted by atomic mass is 9.76. The molecular formula is C21H25ClN2. The van der Waals surface area contributed by atoms with E-state index in [0.717, 1.165) is 24.0 Å². The fraction of sp³-hybridized carbons (Fsp3) is 0.619. The molecule has 0 aliphatic heterocycles. The summed E-state index contributed by atoms with van der Waals surface area (Å²) in [7, 11) is 0. The quantitative estimate of drug-likeness (QED) is 0.641. The Kier molecular flexibility index (Phi) is 5.80. The van der Waals surface area contributed by atoms with E-state index in [4.69, 9.17) is 11.6 Å². The molecule has 2 saturated carbocycles. The van der Waals surface area contributed by atoms with E-state index in [0.29, 0.717) is 28.8 Å². The van der Waals surface area contributed by atoms with Gasteiger partial charge in [0.15, 0.2) is 0 Å². The summed E-state index contributed by atoms with van der Waals surface area (Å²) in [5.41, 5.74) is 3.97. The average molecular weight is 341 g/mol. The van der Waals surface area contributed by atoms with Crippen molar-refractivity contribution in [2.24, 2.45) is 0 Å². The van der Waals surface area contributed by atoms with Crippen molar-refractivity contribution >= 4 is 11.6 Å². The van der Waals surface area contributed by atoms with E-state index in [1.807, 2.05) is 0 Å². The molecule has 2 aliphatic rings. The molecule has 126 valence electrons. The smallest absolute Gasteiger partial charge is 0.101 e. The maximum absolute atomic E-state index is 9.71. The largest absolute Gasteiger partial charge is 0.198 e. The molecule has 0 N–H and O–H groups in total. The average Bonchev–Trinajstić information content (AvgIpc) is 2.64. The van der Waals surface area contributed by atoms with Crippen LogP contribution in [-0.4, -0.2) is 0 Å². The summed E-state index contributed by atoms with van der Waals surface area (Å²) in [6.45, 7) is 0. The molecule has 1 aromatic rings. The zero-order valence-corrected chi connectivity index (χ0v) is 15.0. The maximum atomic E-state index is 9.71. The van der Waals surface area contributed by atoms with Crippen molar-refractivity contribution in [3.8, 4) is 12.1 Å². The van der Waals surface area contributed by atoms with E-state index in [-0.39, 0.29) is 0 Å². The van der Waals surface area contributed by atoms with Crippen LogP contribution in [0.2, 0.25) is 5.02 Å². The van der Waals surface area contributed by atoms with Gasteiger partial charge in [-0.05, 0) is 54.2 Å². The van der Waals surface area contributed by atoms with Gasteiger partial charge in [0.2, 0.25) is 0 Å². The Labute approximate surface area is 150 Å². The van der Waals surface area contributed by atoms with Crippen molar-refractivity contribution < 1.29 is 0 Å². The molecule has 24 heavy (non-hydrogen) atoms. The molecular weight excluding hydrogens is 316 g/mol. The lowest BCUT2D eigenvalue weighted by Gasteiger charge is -2.29. The predicted octanol–water partition coefficient (Wildman–Crippen LogP) is 6.37. The van der Waals surface area contributed by atoms with Crippen LogP contribution in [0.1, 0.15) is 98.3 Å². The molecule has 0 atom stereocenters. The van der Waals surface area contributed by atoms with Crippen LogP contribution in [0, 0.1) is 22.7 Å². The molecule has 0 aromatic heterocycles. The first kappa shape index (κ1) is 17.3. The number of benzene rings is 1. The van der Waals surface area contributed by atoms with E-state index < -0.39 is 0 Å². The van der Waals surface area contributed by atoms with E-state index in [1.165, 1.54) is 56.9 Å². The van der Waals surface area contributed by atoms with Crippen LogP contribution in [0.25, 0.3) is 0 Å². The fourth-order valence-corrected chi connectivity index (χ4v) is 4.94. The molecule has 0 radical (unpaired) electrons. The molecule has 2 fully saturated rings. The number of hydrogen-bond acceptors (Lipinski definition) is 2. The highest BCUT2D eigenvalue weighted by molar-refractivity contribution is 6.32. The van der Waals surface area contributed by atoms with Crippen molar-refractivity contribution in [1.82, 2.24) is 0 Å². The lowest BCUT2D eigenvalue weighted by Crippen LogP contribution is -2.13. The molecule has 0 bridgehead atoms. The van der Waals surface area contributed by atoms with Gasteiger partial charge in [-0.2, -0.15) is 10.5 Å². The number of halogens is 1. The van der Waals surface area contributed by atoms with Crippen LogP contribution in [0.4, 0.5) is 0 Å². The van der Waals surface area contributed by atoms with Crippen molar-refractivity contribution in [3.05, 3.63) is 33.3 Å². The zero-order valence-electron chi connectivity index (χ0n) is 14.3. The molecule has 0 amide bonds. The molecule has 0 saturated heterocycles. The summed E-state index contributed by atoms with van der Waals surface area (Å²) in [6.07, 6.45) is 12.6. The van der Waals surface area contributed by atoms with Gasteiger partial charge in [0.1, 0.15) is 6.07 Å². The van der Waals surface area contributed by atoms with E-state index >= 15 is 0 Å². The van der Waals surface area contributed by atoms with Crippen molar-refractivity contribution in [2.75, 3.05) is 0 Å². The Balaban J connectivity index is 2.09. The highest BCUT2D eigenvalue weighted by Gasteiger charge is 2.27. The summed E-state index contributed by atoms with van der Waals surface area (Å²) in [4.78, 5) is 0. The van der Waals surface area contributed by atoms with Gasteiger partial charge in [0.25, 0.3) is 0 Å². The number of rotatable bonds is 3. The van der Waals surface area contributed by atoms with Gasteiger partial charge < -0.3 is 0 Å². The first-order chi connectivity index (χ1) is 11.8. The first-order valence-corrected chi connectivity index (χ1v) is 9.76. The van der Waals surface area contributed by atoms with Crippen molar-refractivity contribution in [2.45, 2.75) is 82.5 Å². The van der Waals surface area contributed by atoms with E-state index in [2.05, 4.69) is 18.2 Å². The molecule has 3 heteroatoms. The number of nitrogens with zero attached hydrogens (tertiary/aromatic N) is 2. The van der Waals surface area contributed by atoms with E-state index in [1.54, 1.807) is 0 Å². The number of hydrogen-bond donors (Lipinski definition) is 0. The van der Waals surface area contributed by atoms with Crippen molar-refractivity contribution in [1.29, 1.82) is 10.5 Å². The Morgan fingerprint density at radius 1 is 0.875 bits per heavy atom. The standard InChI is InChI=1S/C21H25ClN2/c22-21-17(11-12-23)18(15-7-3-1-4-8-15)13-19(20(21)14-24)16-9-5-2-6-10-16/h13,15-16H,1-11H2. The number of nitriles is 2. The Hall–Kier alpha value is -1.51. The highest BCUT2D eigenvalue weighted by atomic mass is 35.5. The third kappa shape index (κ3) is 3.45. The summed E-state index contributed by atoms with van der Waals surface area (Å²) in [6, 6.07) is 6.88. The van der Waals surface area contributed by atoms with Gasteiger partial charge in [-0.15, -0.1) is 0 Å². The molecule has 2 nitrogen and oxygen atoms in total. The summed E-state index contributed by atoms with van der Waals surface area (Å²) in [5, 5.41) is 19.5. The minimum atomic E-state index is 0.310. The highest BCUT2D eigenvalue weighted by Crippen LogP contribution is 2.43. The van der Waals surface area contributed by atoms with Gasteiger partial charge in [0.05, 0.1) is 23.1 Å². The molecule has 0 unspecified atom stereocenters. The van der Waals surface area contributed by atoms with Crippen molar-refractivity contribution in [3.63, 3.8) is 0 Å². The topological polar surface area (TPSA) is 47.6 Å². The molecule has 0 spiro atoms. The Morgan fingerprint density at radius 3 is 1.92 bits per heavy atom. The lowest BCUT2D eigenvalue weighted by molar-refractivity contribution is 0.434. The van der Waals surface area contributed by atoms with Crippen LogP contribution in [0.15, 0.2) is 6.07 Å². The monoisotopic (exact) mass is 340 g/mol. The van der Waals surface area contributed by atoms with E-state index in [9.17, 15) is 10.5 Å². The third-order valence-corrected chi connectivity index (χ3v) is 6.31. The van der Waals surface area contributed by atoms with Crippen LogP contribution >= 0.6 is 11.6 Å². The normalized spacial score (nSPS) is 19.6. The van der Waals surface area contributed by atoms with Gasteiger partial charge in [-0.3, -0.25) is 0 Å². The molecule has 2 aliphatic carbocycles. The van der Waals surface area contributed by atoms with Gasteiger partial charge >= 0.3 is 0 Å². The SMILES string of the molecule is N#CCc1c(C2CCCCC2)cc(C2CCCCC2)c(C#N)c1Cl. The third-order valence-electron chi connectivity index (χ3n) is 5.89. The fourth-order valence-electron chi connectivity index (χ4n) is 4.62. The first-order valence-electron chi connectivity index (χ1n) is 9.38. The summed E-state index contributed by atoms with van der Waals surface area (Å²) >= 11 is 6.66. The van der Waals surface area contributed by atoms with Gasteiger partial charge in [-0.25, -0.2) is 0 Å². The Bertz CT molecular complexity index is 669. The summed E-state index contributed by atoms with van der Waals surface area (Å²) in [5.74, 6) is 0.971. The molecule has 1 aromatic carbocycles. The minimum Gasteiger partial charge on any atom is -0.198 e. The second kappa shape index (κ2) is 8.04. The van der Waals surface area contributed by atoms with Crippen LogP contribution in [-0.2, 0) is 6.42 Å². The molecule has 3 rings (SSSR count). The Morgan fingerprint density at radius 2 is 1.42 bits per heavy atom. The van der Waals surface area contributed by atoms with Crippen LogP contribution in [0.3, 0.4) is 0 Å². The molecule has 0 heterocycles. The van der Waals surface area contributed by atoms with Gasteiger partial charge in [-0.1, -0.05) is 56.2 Å². The van der Waals surface area contributed by atoms with Crippen LogP contribution < -0.4 is 0 Å². The zero-order chi connectivity index (χ0) is 16.9. The predicted molar refractivity (Wildman–Crippen MR) is 97.1 cm³/mol. The van der Waals surface area contributed by atoms with Crippen LogP contribution in [0.5, 0.6) is 0 Å². The maximum Gasteiger partial charge on any atom is 0.101 e.